The predicted molar refractivity (Wildman–Crippen MR) is 67.6 cm³/mol. The smallest absolute Gasteiger partial charge is 0.356 e. The van der Waals surface area contributed by atoms with Crippen LogP contribution in [0.15, 0.2) is 35.2 Å². The molecular weight excluding hydrogens is 284 g/mol. The molecule has 0 amide bonds. The monoisotopic (exact) mass is 294 g/mol. The summed E-state index contributed by atoms with van der Waals surface area (Å²) in [6.45, 7) is 2.06. The molecule has 88 valence electrons. The second-order valence-electron chi connectivity index (χ2n) is 3.60. The Morgan fingerprint density at radius 2 is 2.29 bits per heavy atom. The average molecular weight is 295 g/mol. The summed E-state index contributed by atoms with van der Waals surface area (Å²) < 4.78 is 2.74. The first-order chi connectivity index (χ1) is 8.11. The zero-order valence-corrected chi connectivity index (χ0v) is 10.8. The number of hydrogen-bond donors (Lipinski definition) is 1. The maximum absolute atomic E-state index is 10.8. The van der Waals surface area contributed by atoms with Crippen LogP contribution < -0.4 is 0 Å². The van der Waals surface area contributed by atoms with Crippen molar-refractivity contribution in [3.63, 3.8) is 0 Å². The first kappa shape index (κ1) is 11.9. The standard InChI is InChI=1S/C12H11BrN2O2/c1-2-8-5-9(13)3-4-11(8)15-6-10(12(16)17)14-7-15/h3-7H,2H2,1H3,(H,16,17). The third kappa shape index (κ3) is 2.39. The van der Waals surface area contributed by atoms with E-state index in [-0.39, 0.29) is 5.69 Å². The number of carboxylic acids is 1. The van der Waals surface area contributed by atoms with Crippen LogP contribution in [0.5, 0.6) is 0 Å². The highest BCUT2D eigenvalue weighted by atomic mass is 79.9. The van der Waals surface area contributed by atoms with Crippen molar-refractivity contribution in [3.05, 3.63) is 46.5 Å². The fraction of sp³-hybridized carbons (Fsp3) is 0.167. The largest absolute Gasteiger partial charge is 0.476 e. The molecule has 17 heavy (non-hydrogen) atoms. The van der Waals surface area contributed by atoms with Gasteiger partial charge < -0.3 is 9.67 Å². The number of aromatic carboxylic acids is 1. The lowest BCUT2D eigenvalue weighted by Gasteiger charge is -2.08. The maximum atomic E-state index is 10.8. The molecule has 0 aliphatic rings. The van der Waals surface area contributed by atoms with Crippen molar-refractivity contribution >= 4 is 21.9 Å². The highest BCUT2D eigenvalue weighted by Gasteiger charge is 2.09. The van der Waals surface area contributed by atoms with Gasteiger partial charge in [0.1, 0.15) is 6.33 Å². The topological polar surface area (TPSA) is 55.1 Å². The van der Waals surface area contributed by atoms with Gasteiger partial charge in [0.25, 0.3) is 0 Å². The van der Waals surface area contributed by atoms with E-state index in [4.69, 9.17) is 5.11 Å². The second kappa shape index (κ2) is 4.71. The molecule has 0 spiro atoms. The molecule has 4 nitrogen and oxygen atoms in total. The molecule has 1 heterocycles. The van der Waals surface area contributed by atoms with E-state index in [0.717, 1.165) is 22.1 Å². The van der Waals surface area contributed by atoms with Crippen molar-refractivity contribution in [2.45, 2.75) is 13.3 Å². The molecule has 0 saturated carbocycles. The number of hydrogen-bond acceptors (Lipinski definition) is 2. The number of benzene rings is 1. The van der Waals surface area contributed by atoms with Crippen LogP contribution in [0, 0.1) is 0 Å². The van der Waals surface area contributed by atoms with Crippen LogP contribution in [0.2, 0.25) is 0 Å². The second-order valence-corrected chi connectivity index (χ2v) is 4.51. The number of aromatic nitrogens is 2. The molecule has 0 atom stereocenters. The molecule has 1 aromatic carbocycles. The van der Waals surface area contributed by atoms with Gasteiger partial charge in [-0.1, -0.05) is 22.9 Å². The first-order valence-corrected chi connectivity index (χ1v) is 5.97. The summed E-state index contributed by atoms with van der Waals surface area (Å²) in [6, 6.07) is 5.89. The molecule has 0 aliphatic carbocycles. The zero-order valence-electron chi connectivity index (χ0n) is 9.22. The van der Waals surface area contributed by atoms with Crippen LogP contribution in [0.25, 0.3) is 5.69 Å². The van der Waals surface area contributed by atoms with E-state index < -0.39 is 5.97 Å². The molecule has 2 rings (SSSR count). The van der Waals surface area contributed by atoms with Crippen LogP contribution in [0.1, 0.15) is 23.0 Å². The van der Waals surface area contributed by atoms with Crippen LogP contribution in [0.4, 0.5) is 0 Å². The van der Waals surface area contributed by atoms with E-state index in [1.54, 1.807) is 4.57 Å². The Hall–Kier alpha value is -1.62. The third-order valence-corrected chi connectivity index (χ3v) is 3.00. The molecule has 0 bridgehead atoms. The number of carboxylic acid groups (broad SMARTS) is 1. The lowest BCUT2D eigenvalue weighted by atomic mass is 10.1. The van der Waals surface area contributed by atoms with Gasteiger partial charge in [0.15, 0.2) is 5.69 Å². The number of aryl methyl sites for hydroxylation is 1. The van der Waals surface area contributed by atoms with Crippen LogP contribution >= 0.6 is 15.9 Å². The van der Waals surface area contributed by atoms with Gasteiger partial charge in [0.2, 0.25) is 0 Å². The molecule has 0 aliphatic heterocycles. The van der Waals surface area contributed by atoms with Crippen LogP contribution in [-0.4, -0.2) is 20.6 Å². The van der Waals surface area contributed by atoms with E-state index in [1.807, 2.05) is 18.2 Å². The Morgan fingerprint density at radius 1 is 1.53 bits per heavy atom. The summed E-state index contributed by atoms with van der Waals surface area (Å²) in [7, 11) is 0. The summed E-state index contributed by atoms with van der Waals surface area (Å²) in [6.07, 6.45) is 3.91. The van der Waals surface area contributed by atoms with Gasteiger partial charge in [-0.2, -0.15) is 0 Å². The highest BCUT2D eigenvalue weighted by Crippen LogP contribution is 2.21. The predicted octanol–water partition coefficient (Wildman–Crippen LogP) is 2.90. The summed E-state index contributed by atoms with van der Waals surface area (Å²) >= 11 is 3.42. The van der Waals surface area contributed by atoms with Gasteiger partial charge >= 0.3 is 5.97 Å². The molecule has 2 aromatic rings. The molecule has 0 radical (unpaired) electrons. The van der Waals surface area contributed by atoms with E-state index in [0.29, 0.717) is 0 Å². The third-order valence-electron chi connectivity index (χ3n) is 2.50. The van der Waals surface area contributed by atoms with Crippen molar-refractivity contribution in [3.8, 4) is 5.69 Å². The molecule has 1 aromatic heterocycles. The summed E-state index contributed by atoms with van der Waals surface area (Å²) in [4.78, 5) is 14.6. The normalized spacial score (nSPS) is 10.5. The van der Waals surface area contributed by atoms with E-state index in [2.05, 4.69) is 27.8 Å². The molecule has 1 N–H and O–H groups in total. The molecule has 0 saturated heterocycles. The van der Waals surface area contributed by atoms with Gasteiger partial charge in [0.05, 0.1) is 0 Å². The molecule has 5 heteroatoms. The highest BCUT2D eigenvalue weighted by molar-refractivity contribution is 9.10. The minimum absolute atomic E-state index is 0.0509. The summed E-state index contributed by atoms with van der Waals surface area (Å²) in [5.41, 5.74) is 2.14. The van der Waals surface area contributed by atoms with Gasteiger partial charge in [-0.25, -0.2) is 9.78 Å². The van der Waals surface area contributed by atoms with Crippen LogP contribution in [-0.2, 0) is 6.42 Å². The minimum atomic E-state index is -1.01. The van der Waals surface area contributed by atoms with E-state index >= 15 is 0 Å². The fourth-order valence-electron chi connectivity index (χ4n) is 1.65. The maximum Gasteiger partial charge on any atom is 0.356 e. The number of rotatable bonds is 3. The van der Waals surface area contributed by atoms with Crippen molar-refractivity contribution in [2.75, 3.05) is 0 Å². The quantitative estimate of drug-likeness (QED) is 0.947. The number of halogens is 1. The van der Waals surface area contributed by atoms with E-state index in [1.165, 1.54) is 12.5 Å². The first-order valence-electron chi connectivity index (χ1n) is 5.18. The number of carbonyl (C=O) groups is 1. The Labute approximate surface area is 107 Å². The lowest BCUT2D eigenvalue weighted by Crippen LogP contribution is -1.98. The number of imidazole rings is 1. The SMILES string of the molecule is CCc1cc(Br)ccc1-n1cnc(C(=O)O)c1. The Bertz CT molecular complexity index is 563. The Morgan fingerprint density at radius 3 is 2.88 bits per heavy atom. The Balaban J connectivity index is 2.48. The fourth-order valence-corrected chi connectivity index (χ4v) is 2.06. The van der Waals surface area contributed by atoms with Crippen LogP contribution in [0.3, 0.4) is 0 Å². The number of nitrogens with zero attached hydrogens (tertiary/aromatic N) is 2. The molecule has 0 unspecified atom stereocenters. The van der Waals surface area contributed by atoms with Crippen molar-refractivity contribution < 1.29 is 9.90 Å². The minimum Gasteiger partial charge on any atom is -0.476 e. The lowest BCUT2D eigenvalue weighted by molar-refractivity contribution is 0.0691. The van der Waals surface area contributed by atoms with Crippen molar-refractivity contribution in [2.24, 2.45) is 0 Å². The molecular formula is C12H11BrN2O2. The van der Waals surface area contributed by atoms with Gasteiger partial charge in [-0.05, 0) is 30.2 Å². The average Bonchev–Trinajstić information content (AvgIpc) is 2.78. The van der Waals surface area contributed by atoms with Crippen molar-refractivity contribution in [1.29, 1.82) is 0 Å². The van der Waals surface area contributed by atoms with E-state index in [9.17, 15) is 4.79 Å². The molecule has 0 fully saturated rings. The van der Waals surface area contributed by atoms with Gasteiger partial charge in [-0.15, -0.1) is 0 Å². The zero-order chi connectivity index (χ0) is 12.4. The van der Waals surface area contributed by atoms with Gasteiger partial charge in [-0.3, -0.25) is 0 Å². The van der Waals surface area contributed by atoms with Gasteiger partial charge in [0, 0.05) is 16.4 Å². The summed E-state index contributed by atoms with van der Waals surface area (Å²) in [5, 5.41) is 8.83. The Kier molecular flexibility index (Phi) is 3.28. The van der Waals surface area contributed by atoms with Crippen molar-refractivity contribution in [1.82, 2.24) is 9.55 Å². The summed E-state index contributed by atoms with van der Waals surface area (Å²) in [5.74, 6) is -1.01.